The normalized spacial score (nSPS) is 22.9. The predicted octanol–water partition coefficient (Wildman–Crippen LogP) is 4.17. The minimum atomic E-state index is 0.527. The first kappa shape index (κ1) is 14.3. The zero-order valence-corrected chi connectivity index (χ0v) is 12.9. The monoisotopic (exact) mass is 276 g/mol. The molecule has 0 aliphatic heterocycles. The third-order valence-corrected chi connectivity index (χ3v) is 4.29. The fourth-order valence-electron chi connectivity index (χ4n) is 2.73. The molecule has 2 rings (SSSR count). The van der Waals surface area contributed by atoms with E-state index < -0.39 is 0 Å². The topological polar surface area (TPSA) is 24.1 Å². The minimum absolute atomic E-state index is 0.527. The van der Waals surface area contributed by atoms with Gasteiger partial charge in [-0.15, -0.1) is 0 Å². The van der Waals surface area contributed by atoms with Crippen molar-refractivity contribution in [1.29, 1.82) is 0 Å². The summed E-state index contributed by atoms with van der Waals surface area (Å²) in [6, 6.07) is 6.93. The first-order chi connectivity index (χ1) is 9.06. The van der Waals surface area contributed by atoms with Gasteiger partial charge in [0.25, 0.3) is 0 Å². The van der Waals surface area contributed by atoms with Gasteiger partial charge in [0.05, 0.1) is 0 Å². The van der Waals surface area contributed by atoms with Gasteiger partial charge in [0, 0.05) is 11.7 Å². The summed E-state index contributed by atoms with van der Waals surface area (Å²) in [7, 11) is 0. The van der Waals surface area contributed by atoms with Gasteiger partial charge in [0.2, 0.25) is 0 Å². The molecule has 1 aromatic carbocycles. The molecule has 0 spiro atoms. The molecule has 3 heteroatoms. The number of aryl methyl sites for hydroxylation is 2. The van der Waals surface area contributed by atoms with Crippen LogP contribution in [0.5, 0.6) is 0 Å². The number of hydrogen-bond acceptors (Lipinski definition) is 1. The Morgan fingerprint density at radius 3 is 2.68 bits per heavy atom. The zero-order chi connectivity index (χ0) is 13.8. The lowest BCUT2D eigenvalue weighted by Crippen LogP contribution is -2.43. The van der Waals surface area contributed by atoms with E-state index in [1.165, 1.54) is 36.8 Å². The molecule has 0 amide bonds. The predicted molar refractivity (Wildman–Crippen MR) is 86.7 cm³/mol. The quantitative estimate of drug-likeness (QED) is 0.793. The van der Waals surface area contributed by atoms with E-state index in [2.05, 4.69) is 49.6 Å². The van der Waals surface area contributed by atoms with Gasteiger partial charge in [0.15, 0.2) is 5.11 Å². The van der Waals surface area contributed by atoms with Crippen LogP contribution in [-0.2, 0) is 0 Å². The third kappa shape index (κ3) is 3.93. The second kappa shape index (κ2) is 6.38. The van der Waals surface area contributed by atoms with E-state index in [9.17, 15) is 0 Å². The molecular formula is C16H24N2S. The van der Waals surface area contributed by atoms with Gasteiger partial charge in [-0.2, -0.15) is 0 Å². The highest BCUT2D eigenvalue weighted by Gasteiger charge is 2.21. The SMILES string of the molecule is Cc1ccc(C)c(NC(=S)N[C@H]2CCCC[C@@H]2C)c1. The molecule has 1 aliphatic carbocycles. The first-order valence-corrected chi connectivity index (χ1v) is 7.62. The van der Waals surface area contributed by atoms with Crippen molar-refractivity contribution in [2.75, 3.05) is 5.32 Å². The van der Waals surface area contributed by atoms with Crippen molar-refractivity contribution in [1.82, 2.24) is 5.32 Å². The summed E-state index contributed by atoms with van der Waals surface area (Å²) in [5.74, 6) is 0.715. The highest BCUT2D eigenvalue weighted by molar-refractivity contribution is 7.80. The molecule has 19 heavy (non-hydrogen) atoms. The molecule has 2 atom stereocenters. The zero-order valence-electron chi connectivity index (χ0n) is 12.1. The van der Waals surface area contributed by atoms with Crippen LogP contribution in [0.3, 0.4) is 0 Å². The standard InChI is InChI=1S/C16H24N2S/c1-11-8-9-13(3)15(10-11)18-16(19)17-14-7-5-4-6-12(14)2/h8-10,12,14H,4-7H2,1-3H3,(H2,17,18,19)/t12-,14-/m0/s1. The largest absolute Gasteiger partial charge is 0.359 e. The highest BCUT2D eigenvalue weighted by Crippen LogP contribution is 2.24. The molecule has 2 N–H and O–H groups in total. The van der Waals surface area contributed by atoms with Gasteiger partial charge < -0.3 is 10.6 Å². The van der Waals surface area contributed by atoms with Crippen LogP contribution in [0.1, 0.15) is 43.7 Å². The second-order valence-electron chi connectivity index (χ2n) is 5.79. The van der Waals surface area contributed by atoms with Crippen LogP contribution in [0, 0.1) is 19.8 Å². The van der Waals surface area contributed by atoms with Crippen LogP contribution < -0.4 is 10.6 Å². The Kier molecular flexibility index (Phi) is 4.81. The summed E-state index contributed by atoms with van der Waals surface area (Å²) in [4.78, 5) is 0. The van der Waals surface area contributed by atoms with E-state index in [1.54, 1.807) is 0 Å². The number of rotatable bonds is 2. The van der Waals surface area contributed by atoms with Crippen LogP contribution in [0.15, 0.2) is 18.2 Å². The van der Waals surface area contributed by atoms with Crippen LogP contribution in [0.25, 0.3) is 0 Å². The lowest BCUT2D eigenvalue weighted by molar-refractivity contribution is 0.309. The summed E-state index contributed by atoms with van der Waals surface area (Å²) in [6.07, 6.45) is 5.21. The first-order valence-electron chi connectivity index (χ1n) is 7.21. The summed E-state index contributed by atoms with van der Waals surface area (Å²) in [6.45, 7) is 6.52. The molecule has 1 saturated carbocycles. The Morgan fingerprint density at radius 2 is 1.95 bits per heavy atom. The van der Waals surface area contributed by atoms with Crippen molar-refractivity contribution in [2.45, 2.75) is 52.5 Å². The molecule has 1 aliphatic rings. The molecular weight excluding hydrogens is 252 g/mol. The fraction of sp³-hybridized carbons (Fsp3) is 0.562. The number of benzene rings is 1. The van der Waals surface area contributed by atoms with Crippen molar-refractivity contribution in [3.63, 3.8) is 0 Å². The molecule has 104 valence electrons. The van der Waals surface area contributed by atoms with Crippen LogP contribution in [-0.4, -0.2) is 11.2 Å². The number of anilines is 1. The van der Waals surface area contributed by atoms with Gasteiger partial charge in [-0.3, -0.25) is 0 Å². The number of thiocarbonyl (C=S) groups is 1. The maximum atomic E-state index is 5.45. The molecule has 0 unspecified atom stereocenters. The van der Waals surface area contributed by atoms with E-state index in [-0.39, 0.29) is 0 Å². The van der Waals surface area contributed by atoms with Crippen molar-refractivity contribution in [3.05, 3.63) is 29.3 Å². The average molecular weight is 276 g/mol. The molecule has 1 aromatic rings. The van der Waals surface area contributed by atoms with Crippen molar-refractivity contribution in [2.24, 2.45) is 5.92 Å². The Hall–Kier alpha value is -1.09. The van der Waals surface area contributed by atoms with E-state index >= 15 is 0 Å². The summed E-state index contributed by atoms with van der Waals surface area (Å²) >= 11 is 5.45. The minimum Gasteiger partial charge on any atom is -0.359 e. The molecule has 1 fully saturated rings. The number of nitrogens with one attached hydrogen (secondary N) is 2. The summed E-state index contributed by atoms with van der Waals surface area (Å²) < 4.78 is 0. The van der Waals surface area contributed by atoms with Crippen LogP contribution >= 0.6 is 12.2 Å². The number of hydrogen-bond donors (Lipinski definition) is 2. The Bertz CT molecular complexity index is 456. The van der Waals surface area contributed by atoms with E-state index in [4.69, 9.17) is 12.2 Å². The molecule has 2 nitrogen and oxygen atoms in total. The van der Waals surface area contributed by atoms with Crippen molar-refractivity contribution in [3.8, 4) is 0 Å². The van der Waals surface area contributed by atoms with Gasteiger partial charge >= 0.3 is 0 Å². The smallest absolute Gasteiger partial charge is 0.171 e. The maximum absolute atomic E-state index is 5.45. The van der Waals surface area contributed by atoms with Crippen LogP contribution in [0.2, 0.25) is 0 Å². The van der Waals surface area contributed by atoms with Crippen molar-refractivity contribution >= 4 is 23.0 Å². The lowest BCUT2D eigenvalue weighted by Gasteiger charge is -2.30. The van der Waals surface area contributed by atoms with Gasteiger partial charge in [-0.1, -0.05) is 31.9 Å². The molecule has 0 bridgehead atoms. The van der Waals surface area contributed by atoms with E-state index in [0.717, 1.165) is 10.8 Å². The van der Waals surface area contributed by atoms with E-state index in [0.29, 0.717) is 12.0 Å². The molecule has 0 heterocycles. The van der Waals surface area contributed by atoms with Crippen molar-refractivity contribution < 1.29 is 0 Å². The maximum Gasteiger partial charge on any atom is 0.171 e. The Labute approximate surface area is 122 Å². The Balaban J connectivity index is 1.95. The van der Waals surface area contributed by atoms with Crippen LogP contribution in [0.4, 0.5) is 5.69 Å². The summed E-state index contributed by atoms with van der Waals surface area (Å²) in [5, 5.41) is 7.58. The second-order valence-corrected chi connectivity index (χ2v) is 6.19. The van der Waals surface area contributed by atoms with E-state index in [1.807, 2.05) is 0 Å². The summed E-state index contributed by atoms with van der Waals surface area (Å²) in [5.41, 5.74) is 3.59. The Morgan fingerprint density at radius 1 is 1.21 bits per heavy atom. The molecule has 0 radical (unpaired) electrons. The molecule has 0 aromatic heterocycles. The third-order valence-electron chi connectivity index (χ3n) is 4.07. The lowest BCUT2D eigenvalue weighted by atomic mass is 9.86. The van der Waals surface area contributed by atoms with Gasteiger partial charge in [-0.25, -0.2) is 0 Å². The fourth-order valence-corrected chi connectivity index (χ4v) is 2.99. The van der Waals surface area contributed by atoms with Gasteiger partial charge in [-0.05, 0) is 62.0 Å². The van der Waals surface area contributed by atoms with Gasteiger partial charge in [0.1, 0.15) is 0 Å². The average Bonchev–Trinajstić information content (AvgIpc) is 2.37. The highest BCUT2D eigenvalue weighted by atomic mass is 32.1. The molecule has 0 saturated heterocycles.